The minimum Gasteiger partial charge on any atom is -0.207 e. The van der Waals surface area contributed by atoms with Crippen molar-refractivity contribution >= 4 is 37.3 Å². The smallest absolute Gasteiger partial charge is 0.207 e. The number of rotatable bonds is 4. The molecule has 1 aromatic heterocycles. The number of halogens is 1. The van der Waals surface area contributed by atoms with E-state index in [1.807, 2.05) is 32.9 Å². The van der Waals surface area contributed by atoms with E-state index in [0.717, 1.165) is 20.5 Å². The topological polar surface area (TPSA) is 46.2 Å². The van der Waals surface area contributed by atoms with Crippen molar-refractivity contribution < 1.29 is 8.42 Å². The molecule has 0 aliphatic carbocycles. The van der Waals surface area contributed by atoms with Crippen LogP contribution in [-0.4, -0.2) is 8.42 Å². The van der Waals surface area contributed by atoms with E-state index in [4.69, 9.17) is 0 Å². The van der Waals surface area contributed by atoms with Gasteiger partial charge >= 0.3 is 0 Å². The van der Waals surface area contributed by atoms with Crippen molar-refractivity contribution in [1.82, 2.24) is 4.72 Å². The molecule has 0 saturated heterocycles. The first-order chi connectivity index (χ1) is 9.70. The van der Waals surface area contributed by atoms with Crippen LogP contribution in [0.15, 0.2) is 33.6 Å². The Morgan fingerprint density at radius 1 is 1.19 bits per heavy atom. The molecular weight excluding hydrogens is 370 g/mol. The monoisotopic (exact) mass is 387 g/mol. The summed E-state index contributed by atoms with van der Waals surface area (Å²) < 4.78 is 28.7. The van der Waals surface area contributed by atoms with Gasteiger partial charge in [-0.1, -0.05) is 22.0 Å². The highest BCUT2D eigenvalue weighted by molar-refractivity contribution is 9.10. The van der Waals surface area contributed by atoms with Crippen LogP contribution in [0.2, 0.25) is 0 Å². The zero-order valence-electron chi connectivity index (χ0n) is 12.4. The summed E-state index contributed by atoms with van der Waals surface area (Å²) in [5, 5.41) is 0. The summed E-state index contributed by atoms with van der Waals surface area (Å²) >= 11 is 5.01. The molecule has 0 bridgehead atoms. The number of benzene rings is 1. The van der Waals surface area contributed by atoms with E-state index in [2.05, 4.69) is 20.7 Å². The van der Waals surface area contributed by atoms with Gasteiger partial charge < -0.3 is 0 Å². The molecule has 1 atom stereocenters. The summed E-state index contributed by atoms with van der Waals surface area (Å²) in [6, 6.07) is 7.06. The zero-order chi connectivity index (χ0) is 15.8. The van der Waals surface area contributed by atoms with Gasteiger partial charge in [0.1, 0.15) is 0 Å². The van der Waals surface area contributed by atoms with Crippen LogP contribution in [0.25, 0.3) is 0 Å². The van der Waals surface area contributed by atoms with Crippen molar-refractivity contribution in [2.45, 2.75) is 38.6 Å². The summed E-state index contributed by atoms with van der Waals surface area (Å²) in [5.41, 5.74) is 1.77. The Morgan fingerprint density at radius 3 is 2.43 bits per heavy atom. The molecular formula is C15H18BrNO2S2. The van der Waals surface area contributed by atoms with Gasteiger partial charge in [-0.25, -0.2) is 13.1 Å². The summed E-state index contributed by atoms with van der Waals surface area (Å²) in [6.07, 6.45) is 0. The predicted octanol–water partition coefficient (Wildman–Crippen LogP) is 4.48. The number of nitrogens with one attached hydrogen (secondary N) is 1. The third kappa shape index (κ3) is 3.74. The largest absolute Gasteiger partial charge is 0.241 e. The zero-order valence-corrected chi connectivity index (χ0v) is 15.6. The molecule has 1 aromatic carbocycles. The maximum atomic E-state index is 12.6. The maximum Gasteiger partial charge on any atom is 0.241 e. The van der Waals surface area contributed by atoms with E-state index in [1.54, 1.807) is 30.4 Å². The fourth-order valence-corrected chi connectivity index (χ4v) is 5.33. The number of thiophene rings is 1. The first kappa shape index (κ1) is 16.7. The quantitative estimate of drug-likeness (QED) is 0.840. The lowest BCUT2D eigenvalue weighted by Gasteiger charge is -2.16. The molecule has 3 nitrogen and oxygen atoms in total. The lowest BCUT2D eigenvalue weighted by Crippen LogP contribution is -2.27. The highest BCUT2D eigenvalue weighted by atomic mass is 79.9. The molecule has 0 aliphatic heterocycles. The van der Waals surface area contributed by atoms with Crippen LogP contribution in [0.5, 0.6) is 0 Å². The Labute approximate surface area is 138 Å². The second-order valence-electron chi connectivity index (χ2n) is 5.12. The van der Waals surface area contributed by atoms with Crippen molar-refractivity contribution in [2.24, 2.45) is 0 Å². The van der Waals surface area contributed by atoms with Crippen molar-refractivity contribution in [3.05, 3.63) is 49.6 Å². The van der Waals surface area contributed by atoms with Gasteiger partial charge in [0, 0.05) is 20.3 Å². The van der Waals surface area contributed by atoms with Crippen LogP contribution in [0.3, 0.4) is 0 Å². The van der Waals surface area contributed by atoms with Crippen LogP contribution < -0.4 is 4.72 Å². The Hall–Kier alpha value is -0.690. The summed E-state index contributed by atoms with van der Waals surface area (Å²) in [4.78, 5) is 2.65. The molecule has 6 heteroatoms. The molecule has 0 amide bonds. The molecule has 1 N–H and O–H groups in total. The number of sulfonamides is 1. The Kier molecular flexibility index (Phi) is 4.92. The van der Waals surface area contributed by atoms with E-state index in [1.165, 1.54) is 4.88 Å². The first-order valence-corrected chi connectivity index (χ1v) is 9.65. The highest BCUT2D eigenvalue weighted by Crippen LogP contribution is 2.28. The molecule has 1 heterocycles. The Balaban J connectivity index is 2.33. The van der Waals surface area contributed by atoms with Gasteiger partial charge in [0.2, 0.25) is 10.0 Å². The van der Waals surface area contributed by atoms with Crippen LogP contribution in [0.1, 0.15) is 33.8 Å². The number of aryl methyl sites for hydroxylation is 3. The molecule has 0 saturated carbocycles. The molecule has 0 fully saturated rings. The van der Waals surface area contributed by atoms with Crippen LogP contribution >= 0.6 is 27.3 Å². The second-order valence-corrected chi connectivity index (χ2v) is 9.18. The molecule has 114 valence electrons. The van der Waals surface area contributed by atoms with Crippen LogP contribution in [0, 0.1) is 20.8 Å². The standard InChI is InChI=1S/C15H18BrNO2S2/c1-9-5-6-13(16)8-15(9)21(18,19)17-11(3)14-7-10(2)20-12(14)4/h5-8,11,17H,1-4H3. The van der Waals surface area contributed by atoms with Gasteiger partial charge in [-0.15, -0.1) is 11.3 Å². The van der Waals surface area contributed by atoms with Crippen LogP contribution in [-0.2, 0) is 10.0 Å². The summed E-state index contributed by atoms with van der Waals surface area (Å²) in [6.45, 7) is 7.72. The molecule has 0 radical (unpaired) electrons. The van der Waals surface area contributed by atoms with E-state index in [-0.39, 0.29) is 6.04 Å². The van der Waals surface area contributed by atoms with Gasteiger partial charge in [-0.3, -0.25) is 0 Å². The van der Waals surface area contributed by atoms with Crippen molar-refractivity contribution in [1.29, 1.82) is 0 Å². The lowest BCUT2D eigenvalue weighted by molar-refractivity contribution is 0.566. The van der Waals surface area contributed by atoms with Crippen molar-refractivity contribution in [3.63, 3.8) is 0 Å². The fraction of sp³-hybridized carbons (Fsp3) is 0.333. The third-order valence-electron chi connectivity index (χ3n) is 3.32. The van der Waals surface area contributed by atoms with Gasteiger partial charge in [-0.2, -0.15) is 0 Å². The minimum absolute atomic E-state index is 0.252. The fourth-order valence-electron chi connectivity index (χ4n) is 2.30. The van der Waals surface area contributed by atoms with E-state index >= 15 is 0 Å². The molecule has 2 aromatic rings. The Morgan fingerprint density at radius 2 is 1.86 bits per heavy atom. The number of hydrogen-bond acceptors (Lipinski definition) is 3. The second kappa shape index (κ2) is 6.20. The summed E-state index contributed by atoms with van der Waals surface area (Å²) in [7, 11) is -3.54. The van der Waals surface area contributed by atoms with Gasteiger partial charge in [-0.05, 0) is 57.0 Å². The number of hydrogen-bond donors (Lipinski definition) is 1. The average molecular weight is 388 g/mol. The molecule has 0 aliphatic rings. The normalized spacial score (nSPS) is 13.4. The highest BCUT2D eigenvalue weighted by Gasteiger charge is 2.22. The summed E-state index contributed by atoms with van der Waals surface area (Å²) in [5.74, 6) is 0. The molecule has 21 heavy (non-hydrogen) atoms. The average Bonchev–Trinajstić information content (AvgIpc) is 2.71. The Bertz CT molecular complexity index is 766. The van der Waals surface area contributed by atoms with Gasteiger partial charge in [0.05, 0.1) is 4.90 Å². The molecule has 0 spiro atoms. The van der Waals surface area contributed by atoms with E-state index in [9.17, 15) is 8.42 Å². The first-order valence-electron chi connectivity index (χ1n) is 6.56. The van der Waals surface area contributed by atoms with E-state index in [0.29, 0.717) is 4.90 Å². The molecule has 2 rings (SSSR count). The maximum absolute atomic E-state index is 12.6. The van der Waals surface area contributed by atoms with Gasteiger partial charge in [0.25, 0.3) is 0 Å². The van der Waals surface area contributed by atoms with Crippen molar-refractivity contribution in [3.8, 4) is 0 Å². The minimum atomic E-state index is -3.54. The third-order valence-corrected chi connectivity index (χ3v) is 6.48. The van der Waals surface area contributed by atoms with E-state index < -0.39 is 10.0 Å². The SMILES string of the molecule is Cc1cc(C(C)NS(=O)(=O)c2cc(Br)ccc2C)c(C)s1. The molecule has 1 unspecified atom stereocenters. The van der Waals surface area contributed by atoms with Crippen LogP contribution in [0.4, 0.5) is 0 Å². The van der Waals surface area contributed by atoms with Crippen molar-refractivity contribution in [2.75, 3.05) is 0 Å². The lowest BCUT2D eigenvalue weighted by atomic mass is 10.1. The predicted molar refractivity (Wildman–Crippen MR) is 91.4 cm³/mol. The van der Waals surface area contributed by atoms with Gasteiger partial charge in [0.15, 0.2) is 0 Å².